The number of hydrogen-bond donors (Lipinski definition) is 0. The molecule has 1 heterocycles. The predicted molar refractivity (Wildman–Crippen MR) is 99.1 cm³/mol. The van der Waals surface area contributed by atoms with E-state index >= 15 is 0 Å². The molecule has 7 heteroatoms. The summed E-state index contributed by atoms with van der Waals surface area (Å²) in [6.45, 7) is 0. The van der Waals surface area contributed by atoms with Gasteiger partial charge in [0.15, 0.2) is 0 Å². The van der Waals surface area contributed by atoms with Crippen molar-refractivity contribution in [3.8, 4) is 17.4 Å². The van der Waals surface area contributed by atoms with Gasteiger partial charge in [-0.25, -0.2) is 0 Å². The van der Waals surface area contributed by atoms with Gasteiger partial charge in [-0.2, -0.15) is 18.4 Å². The Bertz CT molecular complexity index is 1060. The van der Waals surface area contributed by atoms with Crippen LogP contribution < -0.4 is 0 Å². The summed E-state index contributed by atoms with van der Waals surface area (Å²) in [5.41, 5.74) is 0.188. The second-order valence-corrected chi connectivity index (χ2v) is 6.42. The number of benzene rings is 2. The smallest absolute Gasteiger partial charge is 0.416 e. The zero-order chi connectivity index (χ0) is 19.6. The maximum atomic E-state index is 12.9. The summed E-state index contributed by atoms with van der Waals surface area (Å²) in [6.07, 6.45) is -3.01. The Morgan fingerprint density at radius 1 is 1.04 bits per heavy atom. The first kappa shape index (κ1) is 19.1. The monoisotopic (exact) mass is 407 g/mol. The summed E-state index contributed by atoms with van der Waals surface area (Å²) in [4.78, 5) is 0. The molecule has 3 rings (SSSR count). The van der Waals surface area contributed by atoms with E-state index in [1.165, 1.54) is 18.2 Å². The number of rotatable bonds is 3. The third kappa shape index (κ3) is 4.36. The normalized spacial score (nSPS) is 12.1. The summed E-state index contributed by atoms with van der Waals surface area (Å²) in [5, 5.41) is 9.98. The van der Waals surface area contributed by atoms with Crippen molar-refractivity contribution in [3.63, 3.8) is 0 Å². The van der Waals surface area contributed by atoms with Crippen LogP contribution in [-0.4, -0.2) is 0 Å². The number of nitriles is 1. The van der Waals surface area contributed by atoms with Crippen molar-refractivity contribution in [1.29, 1.82) is 5.26 Å². The van der Waals surface area contributed by atoms with Gasteiger partial charge in [0, 0.05) is 10.6 Å². The predicted octanol–water partition coefficient (Wildman–Crippen LogP) is 7.34. The van der Waals surface area contributed by atoms with Crippen LogP contribution in [0.4, 0.5) is 13.2 Å². The van der Waals surface area contributed by atoms with Gasteiger partial charge in [-0.15, -0.1) is 0 Å². The molecule has 0 saturated heterocycles. The van der Waals surface area contributed by atoms with E-state index in [4.69, 9.17) is 27.6 Å². The highest BCUT2D eigenvalue weighted by Gasteiger charge is 2.31. The molecule has 1 aromatic heterocycles. The van der Waals surface area contributed by atoms with Gasteiger partial charge in [0.1, 0.15) is 11.5 Å². The molecule has 2 aromatic carbocycles. The third-order valence-corrected chi connectivity index (χ3v) is 4.29. The molecule has 0 spiro atoms. The van der Waals surface area contributed by atoms with Crippen molar-refractivity contribution < 1.29 is 17.6 Å². The van der Waals surface area contributed by atoms with Gasteiger partial charge in [0.25, 0.3) is 0 Å². The van der Waals surface area contributed by atoms with E-state index in [0.29, 0.717) is 21.9 Å². The van der Waals surface area contributed by atoms with Gasteiger partial charge in [0.2, 0.25) is 0 Å². The number of allylic oxidation sites excluding steroid dienone is 1. The molecule has 0 amide bonds. The minimum Gasteiger partial charge on any atom is -0.457 e. The van der Waals surface area contributed by atoms with E-state index in [1.54, 1.807) is 30.3 Å². The summed E-state index contributed by atoms with van der Waals surface area (Å²) < 4.78 is 44.4. The lowest BCUT2D eigenvalue weighted by molar-refractivity contribution is -0.137. The van der Waals surface area contributed by atoms with Crippen molar-refractivity contribution in [2.24, 2.45) is 0 Å². The second-order valence-electron chi connectivity index (χ2n) is 5.57. The van der Waals surface area contributed by atoms with Gasteiger partial charge >= 0.3 is 6.18 Å². The van der Waals surface area contributed by atoms with Crippen LogP contribution in [0.5, 0.6) is 0 Å². The fourth-order valence-corrected chi connectivity index (χ4v) is 2.84. The second kappa shape index (κ2) is 7.51. The number of hydrogen-bond acceptors (Lipinski definition) is 2. The van der Waals surface area contributed by atoms with Crippen LogP contribution >= 0.6 is 23.2 Å². The van der Waals surface area contributed by atoms with Crippen LogP contribution in [0.15, 0.2) is 59.0 Å². The van der Waals surface area contributed by atoms with Crippen LogP contribution in [0, 0.1) is 11.3 Å². The van der Waals surface area contributed by atoms with Crippen molar-refractivity contribution >= 4 is 34.9 Å². The maximum absolute atomic E-state index is 12.9. The topological polar surface area (TPSA) is 36.9 Å². The van der Waals surface area contributed by atoms with Crippen LogP contribution in [0.1, 0.15) is 16.9 Å². The van der Waals surface area contributed by atoms with Crippen LogP contribution in [0.25, 0.3) is 23.0 Å². The van der Waals surface area contributed by atoms with E-state index in [-0.39, 0.29) is 16.3 Å². The molecule has 0 aliphatic rings. The van der Waals surface area contributed by atoms with E-state index in [9.17, 15) is 18.4 Å². The van der Waals surface area contributed by atoms with Gasteiger partial charge in [-0.05, 0) is 54.1 Å². The Balaban J connectivity index is 1.99. The zero-order valence-electron chi connectivity index (χ0n) is 13.5. The number of furan rings is 1. The fourth-order valence-electron chi connectivity index (χ4n) is 2.44. The summed E-state index contributed by atoms with van der Waals surface area (Å²) in [6, 6.07) is 14.8. The molecule has 0 bridgehead atoms. The molecule has 0 atom stereocenters. The lowest BCUT2D eigenvalue weighted by Gasteiger charge is -2.09. The molecule has 0 aliphatic heterocycles. The van der Waals surface area contributed by atoms with Gasteiger partial charge < -0.3 is 4.42 Å². The van der Waals surface area contributed by atoms with E-state index < -0.39 is 11.7 Å². The van der Waals surface area contributed by atoms with Gasteiger partial charge in [-0.3, -0.25) is 0 Å². The lowest BCUT2D eigenvalue weighted by atomic mass is 10.1. The van der Waals surface area contributed by atoms with Crippen LogP contribution in [-0.2, 0) is 6.18 Å². The third-order valence-electron chi connectivity index (χ3n) is 3.73. The largest absolute Gasteiger partial charge is 0.457 e. The van der Waals surface area contributed by atoms with Crippen LogP contribution in [0.2, 0.25) is 10.0 Å². The van der Waals surface area contributed by atoms with Crippen molar-refractivity contribution in [1.82, 2.24) is 0 Å². The summed E-state index contributed by atoms with van der Waals surface area (Å²) in [7, 11) is 0. The van der Waals surface area contributed by atoms with E-state index in [2.05, 4.69) is 6.07 Å². The van der Waals surface area contributed by atoms with Crippen molar-refractivity contribution in [2.75, 3.05) is 0 Å². The Morgan fingerprint density at radius 2 is 1.81 bits per heavy atom. The molecule has 0 N–H and O–H groups in total. The highest BCUT2D eigenvalue weighted by molar-refractivity contribution is 6.33. The molecule has 0 fully saturated rings. The Labute approximate surface area is 163 Å². The molecule has 0 saturated carbocycles. The standard InChI is InChI=1S/C20H10Cl2F3NO/c21-15-3-1-2-12(8-15)13(11-26)9-16-5-7-19(27-16)17-10-14(20(23,24)25)4-6-18(17)22/h1-10H. The number of nitrogens with zero attached hydrogens (tertiary/aromatic N) is 1. The molecule has 27 heavy (non-hydrogen) atoms. The average Bonchev–Trinajstić information content (AvgIpc) is 3.07. The first-order valence-electron chi connectivity index (χ1n) is 7.62. The van der Waals surface area contributed by atoms with Crippen LogP contribution in [0.3, 0.4) is 0 Å². The molecule has 2 nitrogen and oxygen atoms in total. The first-order valence-corrected chi connectivity index (χ1v) is 8.38. The number of halogens is 5. The van der Waals surface area contributed by atoms with Gasteiger partial charge in [0.05, 0.1) is 22.2 Å². The molecule has 0 radical (unpaired) electrons. The number of alkyl halides is 3. The summed E-state index contributed by atoms with van der Waals surface area (Å²) in [5.74, 6) is 0.468. The molecule has 0 aliphatic carbocycles. The highest BCUT2D eigenvalue weighted by atomic mass is 35.5. The highest BCUT2D eigenvalue weighted by Crippen LogP contribution is 2.37. The van der Waals surface area contributed by atoms with Gasteiger partial charge in [-0.1, -0.05) is 35.3 Å². The minimum atomic E-state index is -4.49. The quantitative estimate of drug-likeness (QED) is 0.425. The Kier molecular flexibility index (Phi) is 5.31. The molecular weight excluding hydrogens is 398 g/mol. The maximum Gasteiger partial charge on any atom is 0.416 e. The molecule has 3 aromatic rings. The molecule has 0 unspecified atom stereocenters. The average molecular weight is 408 g/mol. The Morgan fingerprint density at radius 3 is 2.48 bits per heavy atom. The first-order chi connectivity index (χ1) is 12.8. The molecular formula is C20H10Cl2F3NO. The van der Waals surface area contributed by atoms with E-state index in [0.717, 1.165) is 12.1 Å². The van der Waals surface area contributed by atoms with Crippen molar-refractivity contribution in [3.05, 3.63) is 81.5 Å². The SMILES string of the molecule is N#CC(=Cc1ccc(-c2cc(C(F)(F)F)ccc2Cl)o1)c1cccc(Cl)c1. The van der Waals surface area contributed by atoms with Crippen molar-refractivity contribution in [2.45, 2.75) is 6.18 Å². The Hall–Kier alpha value is -2.68. The zero-order valence-corrected chi connectivity index (χ0v) is 15.0. The molecule has 136 valence electrons. The lowest BCUT2D eigenvalue weighted by Crippen LogP contribution is -2.04. The minimum absolute atomic E-state index is 0.118. The summed E-state index contributed by atoms with van der Waals surface area (Å²) >= 11 is 12.0. The van der Waals surface area contributed by atoms with E-state index in [1.807, 2.05) is 0 Å². The fraction of sp³-hybridized carbons (Fsp3) is 0.0500.